The van der Waals surface area contributed by atoms with E-state index in [0.29, 0.717) is 103 Å². The Balaban J connectivity index is 0.00000124. The van der Waals surface area contributed by atoms with Gasteiger partial charge in [0.15, 0.2) is 0 Å². The van der Waals surface area contributed by atoms with Crippen LogP contribution in [0.25, 0.3) is 21.7 Å². The van der Waals surface area contributed by atoms with Crippen molar-refractivity contribution in [3.05, 3.63) is 95.7 Å². The lowest BCUT2D eigenvalue weighted by Crippen LogP contribution is -2.48. The Labute approximate surface area is 475 Å². The second-order valence-corrected chi connectivity index (χ2v) is 19.2. The smallest absolute Gasteiger partial charge is 0.409 e. The maximum Gasteiger partial charge on any atom is 0.415 e. The number of halogens is 1. The Morgan fingerprint density at radius 1 is 0.741 bits per heavy atom. The average molecular weight is 1140 g/mol. The van der Waals surface area contributed by atoms with Gasteiger partial charge in [0, 0.05) is 132 Å². The molecule has 0 radical (unpaired) electrons. The number of H-pyrrole nitrogens is 1. The third-order valence-electron chi connectivity index (χ3n) is 13.2. The number of carbonyl (C=O) groups is 9. The highest BCUT2D eigenvalue weighted by Crippen LogP contribution is 2.41. The highest BCUT2D eigenvalue weighted by molar-refractivity contribution is 6.15. The minimum absolute atomic E-state index is 0.0826. The van der Waals surface area contributed by atoms with Gasteiger partial charge in [-0.15, -0.1) is 11.6 Å². The van der Waals surface area contributed by atoms with Crippen molar-refractivity contribution >= 4 is 104 Å². The summed E-state index contributed by atoms with van der Waals surface area (Å²) in [7, 11) is 3.68. The monoisotopic (exact) mass is 1140 g/mol. The standard InChI is InChI=1S/C51H62N12O9.C4H10N2O.CH3Cl/c1-32(64)61(3)22-7-11-45(65)54-21-20-53-41(10-6-19-55-50(52)70)48(68)56-31-46(66)57-35-14-12-33(13-15-35)47(67)58-36-16-17-40-34(28-36)29-42(59-40)49(69)63-23-18-38-37-8-4-5-9-39(37)44(30-43(38)63)72-51(71)62-26-24-60(2)25-27-62;1-2-3-6-4(5)7;1-2/h4-5,8-9,12-17,28-30,41,53,59H,6-7,10-11,18-27,31H2,1-3H3,(H,54,65)(H,56,68)(H,57,66)(H,58,67)(H3,52,55,70);2-3H2,1H3,(H3,5,6,7);1H3/t41-;;/m0../s1. The topological polar surface area (TPSA) is 328 Å². The Kier molecular flexibility index (Phi) is 25.0. The Morgan fingerprint density at radius 2 is 1.42 bits per heavy atom. The van der Waals surface area contributed by atoms with Crippen LogP contribution in [-0.2, 0) is 25.6 Å². The Morgan fingerprint density at radius 3 is 2.09 bits per heavy atom. The fourth-order valence-corrected chi connectivity index (χ4v) is 8.82. The van der Waals surface area contributed by atoms with E-state index in [4.69, 9.17) is 16.2 Å². The number of alkyl halides is 1. The van der Waals surface area contributed by atoms with Gasteiger partial charge in [0.25, 0.3) is 11.8 Å². The van der Waals surface area contributed by atoms with Gasteiger partial charge < -0.3 is 78.0 Å². The number of piperazine rings is 1. The zero-order chi connectivity index (χ0) is 59.0. The lowest BCUT2D eigenvalue weighted by Gasteiger charge is -2.31. The summed E-state index contributed by atoms with van der Waals surface area (Å²) in [6.07, 6.45) is 4.07. The third-order valence-corrected chi connectivity index (χ3v) is 13.2. The number of carbonyl (C=O) groups excluding carboxylic acids is 9. The molecule has 25 heteroatoms. The van der Waals surface area contributed by atoms with E-state index in [0.717, 1.165) is 35.8 Å². The number of nitrogens with one attached hydrogen (secondary N) is 8. The summed E-state index contributed by atoms with van der Waals surface area (Å²) >= 11 is 4.64. The van der Waals surface area contributed by atoms with E-state index >= 15 is 0 Å². The lowest BCUT2D eigenvalue weighted by atomic mass is 10.0. The number of benzene rings is 4. The molecule has 0 bridgehead atoms. The number of likely N-dealkylation sites (N-methyl/N-ethyl adjacent to an activating group) is 1. The molecule has 0 spiro atoms. The van der Waals surface area contributed by atoms with Crippen LogP contribution in [0, 0.1) is 0 Å². The molecule has 11 amide bonds. The largest absolute Gasteiger partial charge is 0.415 e. The van der Waals surface area contributed by atoms with Crippen molar-refractivity contribution in [1.82, 2.24) is 46.3 Å². The number of hydrogen-bond acceptors (Lipinski definition) is 12. The minimum atomic E-state index is -0.745. The summed E-state index contributed by atoms with van der Waals surface area (Å²) in [6, 6.07) is 20.9. The van der Waals surface area contributed by atoms with Crippen LogP contribution in [0.5, 0.6) is 5.75 Å². The van der Waals surface area contributed by atoms with E-state index in [2.05, 4.69) is 58.7 Å². The van der Waals surface area contributed by atoms with Crippen LogP contribution >= 0.6 is 11.6 Å². The number of urea groups is 2. The number of nitrogens with zero attached hydrogens (tertiary/aromatic N) is 4. The van der Waals surface area contributed by atoms with Crippen molar-refractivity contribution in [2.45, 2.75) is 58.4 Å². The van der Waals surface area contributed by atoms with Crippen molar-refractivity contribution in [2.24, 2.45) is 11.5 Å². The number of anilines is 3. The number of aromatic nitrogens is 1. The van der Waals surface area contributed by atoms with Gasteiger partial charge >= 0.3 is 18.2 Å². The van der Waals surface area contributed by atoms with E-state index in [-0.39, 0.29) is 50.3 Å². The fourth-order valence-electron chi connectivity index (χ4n) is 8.82. The van der Waals surface area contributed by atoms with Crippen LogP contribution < -0.4 is 58.3 Å². The average Bonchev–Trinajstić information content (AvgIpc) is 4.13. The SMILES string of the molecule is CC(=O)N(C)CCCC(=O)NCCN[C@@H](CCCNC(N)=O)C(=O)NCC(=O)Nc1ccc(C(=O)Nc2ccc3[nH]c(C(=O)N4CCc5c4cc(OC(=O)N4CCN(C)CC4)c4ccccc54)cc3c2)cc1.CCCNC(N)=O.CCl. The van der Waals surface area contributed by atoms with Gasteiger partial charge in [0.1, 0.15) is 11.4 Å². The van der Waals surface area contributed by atoms with Gasteiger partial charge in [-0.2, -0.15) is 0 Å². The summed E-state index contributed by atoms with van der Waals surface area (Å²) in [5.74, 6) is -1.50. The van der Waals surface area contributed by atoms with E-state index in [9.17, 15) is 43.2 Å². The molecule has 12 N–H and O–H groups in total. The van der Waals surface area contributed by atoms with Gasteiger partial charge in [0.05, 0.1) is 18.3 Å². The lowest BCUT2D eigenvalue weighted by molar-refractivity contribution is -0.128. The molecule has 0 saturated carbocycles. The molecular weight excluding hydrogens is 1060 g/mol. The van der Waals surface area contributed by atoms with Crippen molar-refractivity contribution < 1.29 is 47.9 Å². The first-order chi connectivity index (χ1) is 38.9. The van der Waals surface area contributed by atoms with Gasteiger partial charge in [-0.25, -0.2) is 14.4 Å². The molecular formula is C56H75ClN14O10. The number of hydrogen-bond donors (Lipinski definition) is 10. The van der Waals surface area contributed by atoms with Crippen LogP contribution in [0.3, 0.4) is 0 Å². The molecule has 436 valence electrons. The molecule has 1 saturated heterocycles. The highest BCUT2D eigenvalue weighted by Gasteiger charge is 2.31. The van der Waals surface area contributed by atoms with E-state index in [1.807, 2.05) is 38.2 Å². The number of fused-ring (bicyclic) bond motifs is 4. The summed E-state index contributed by atoms with van der Waals surface area (Å²) in [5.41, 5.74) is 13.8. The molecule has 1 fully saturated rings. The van der Waals surface area contributed by atoms with Gasteiger partial charge in [-0.3, -0.25) is 28.8 Å². The van der Waals surface area contributed by atoms with E-state index in [1.54, 1.807) is 71.4 Å². The van der Waals surface area contributed by atoms with Crippen LogP contribution in [0.2, 0.25) is 0 Å². The maximum absolute atomic E-state index is 14.2. The maximum atomic E-state index is 14.2. The van der Waals surface area contributed by atoms with E-state index in [1.165, 1.54) is 18.2 Å². The molecule has 0 aliphatic carbocycles. The molecule has 1 atom stereocenters. The number of rotatable bonds is 22. The minimum Gasteiger partial charge on any atom is -0.409 e. The zero-order valence-electron chi connectivity index (χ0n) is 46.5. The van der Waals surface area contributed by atoms with Crippen LogP contribution in [-0.4, -0.2) is 172 Å². The van der Waals surface area contributed by atoms with Crippen LogP contribution in [0.1, 0.15) is 72.4 Å². The van der Waals surface area contributed by atoms with E-state index < -0.39 is 41.9 Å². The van der Waals surface area contributed by atoms with Gasteiger partial charge in [0.2, 0.25) is 23.6 Å². The number of primary amides is 2. The molecule has 2 aliphatic rings. The van der Waals surface area contributed by atoms with Crippen molar-refractivity contribution in [1.29, 1.82) is 0 Å². The van der Waals surface area contributed by atoms with Gasteiger partial charge in [-0.1, -0.05) is 31.2 Å². The van der Waals surface area contributed by atoms with Crippen molar-refractivity contribution in [2.75, 3.05) is 108 Å². The van der Waals surface area contributed by atoms with Crippen molar-refractivity contribution in [3.8, 4) is 5.75 Å². The molecule has 4 aromatic carbocycles. The van der Waals surface area contributed by atoms with Crippen LogP contribution in [0.4, 0.5) is 31.4 Å². The van der Waals surface area contributed by atoms with Crippen molar-refractivity contribution in [3.63, 3.8) is 0 Å². The summed E-state index contributed by atoms with van der Waals surface area (Å²) in [5, 5.41) is 21.4. The summed E-state index contributed by atoms with van der Waals surface area (Å²) < 4.78 is 6.01. The quantitative estimate of drug-likeness (QED) is 0.0343. The Bertz CT molecular complexity index is 3000. The molecule has 1 aromatic heterocycles. The number of aromatic amines is 1. The molecule has 7 rings (SSSR count). The molecule has 24 nitrogen and oxygen atoms in total. The highest BCUT2D eigenvalue weighted by atomic mass is 35.5. The molecule has 0 unspecified atom stereocenters. The predicted octanol–water partition coefficient (Wildman–Crippen LogP) is 4.28. The third kappa shape index (κ3) is 19.4. The predicted molar refractivity (Wildman–Crippen MR) is 313 cm³/mol. The van der Waals surface area contributed by atoms with Gasteiger partial charge in [-0.05, 0) is 98.6 Å². The number of nitrogens with two attached hydrogens (primary N) is 2. The first-order valence-electron chi connectivity index (χ1n) is 26.7. The fraction of sp³-hybridized carbons (Fsp3) is 0.411. The molecule has 5 aromatic rings. The molecule has 2 aliphatic heterocycles. The summed E-state index contributed by atoms with van der Waals surface area (Å²) in [6.45, 7) is 8.03. The zero-order valence-corrected chi connectivity index (χ0v) is 47.3. The summed E-state index contributed by atoms with van der Waals surface area (Å²) in [4.78, 5) is 122. The van der Waals surface area contributed by atoms with Crippen LogP contribution in [0.15, 0.2) is 78.9 Å². The second-order valence-electron chi connectivity index (χ2n) is 19.2. The first-order valence-corrected chi connectivity index (χ1v) is 27.5. The molecule has 3 heterocycles. The first kappa shape index (κ1) is 63.4. The molecule has 81 heavy (non-hydrogen) atoms. The second kappa shape index (κ2) is 31.9. The number of amides is 11. The number of ether oxygens (including phenoxy) is 1. The normalized spacial score (nSPS) is 13.0. The Hall–Kier alpha value is -8.48.